The lowest BCUT2D eigenvalue weighted by atomic mass is 10.1. The molecule has 2 aromatic carbocycles. The fourth-order valence-corrected chi connectivity index (χ4v) is 3.10. The van der Waals surface area contributed by atoms with Crippen molar-refractivity contribution < 1.29 is 28.2 Å². The van der Waals surface area contributed by atoms with Crippen LogP contribution in [0.25, 0.3) is 11.0 Å². The third-order valence-electron chi connectivity index (χ3n) is 4.22. The van der Waals surface area contributed by atoms with Gasteiger partial charge in [-0.3, -0.25) is 9.59 Å². The van der Waals surface area contributed by atoms with Crippen molar-refractivity contribution in [1.29, 1.82) is 0 Å². The lowest BCUT2D eigenvalue weighted by molar-refractivity contribution is -0.143. The molecule has 30 heavy (non-hydrogen) atoms. The summed E-state index contributed by atoms with van der Waals surface area (Å²) < 4.78 is 21.4. The maximum Gasteiger partial charge on any atom is 0.336 e. The highest BCUT2D eigenvalue weighted by molar-refractivity contribution is 9.10. The van der Waals surface area contributed by atoms with Crippen LogP contribution < -0.4 is 20.4 Å². The Morgan fingerprint density at radius 1 is 1.03 bits per heavy atom. The number of carbonyl (C=O) groups is 2. The first-order valence-corrected chi connectivity index (χ1v) is 9.58. The number of carbonyl (C=O) groups excluding carboxylic acids is 2. The van der Waals surface area contributed by atoms with Gasteiger partial charge in [-0.25, -0.2) is 4.79 Å². The van der Waals surface area contributed by atoms with E-state index < -0.39 is 17.5 Å². The molecular weight excluding hydrogens is 458 g/mol. The highest BCUT2D eigenvalue weighted by atomic mass is 79.9. The third-order valence-corrected chi connectivity index (χ3v) is 4.71. The zero-order chi connectivity index (χ0) is 21.7. The van der Waals surface area contributed by atoms with Crippen LogP contribution in [0.15, 0.2) is 56.1 Å². The van der Waals surface area contributed by atoms with Crippen LogP contribution in [0.1, 0.15) is 15.9 Å². The van der Waals surface area contributed by atoms with Crippen LogP contribution >= 0.6 is 15.9 Å². The fraction of sp³-hybridized carbons (Fsp3) is 0.190. The number of halogens is 1. The molecule has 0 aliphatic rings. The van der Waals surface area contributed by atoms with Crippen LogP contribution in [-0.4, -0.2) is 32.6 Å². The first-order chi connectivity index (χ1) is 14.4. The molecule has 156 valence electrons. The Hall–Kier alpha value is -3.33. The Morgan fingerprint density at radius 3 is 2.53 bits per heavy atom. The molecule has 0 saturated heterocycles. The van der Waals surface area contributed by atoms with Crippen molar-refractivity contribution in [3.63, 3.8) is 0 Å². The van der Waals surface area contributed by atoms with Gasteiger partial charge in [-0.2, -0.15) is 0 Å². The Balaban J connectivity index is 1.61. The molecule has 0 saturated carbocycles. The van der Waals surface area contributed by atoms with E-state index in [0.29, 0.717) is 33.6 Å². The van der Waals surface area contributed by atoms with Crippen LogP contribution in [0.4, 0.5) is 0 Å². The molecule has 0 fully saturated rings. The number of hydrogen-bond donors (Lipinski definition) is 1. The smallest absolute Gasteiger partial charge is 0.336 e. The van der Waals surface area contributed by atoms with Crippen molar-refractivity contribution in [3.05, 3.63) is 68.5 Å². The molecule has 0 radical (unpaired) electrons. The van der Waals surface area contributed by atoms with Crippen molar-refractivity contribution in [2.75, 3.05) is 20.8 Å². The SMILES string of the molecule is COc1ccc(C(=O)NCC(=O)OCc2cc(=O)oc3cc(Br)ccc23)cc1OC. The molecule has 0 aliphatic heterocycles. The lowest BCUT2D eigenvalue weighted by Crippen LogP contribution is -2.30. The highest BCUT2D eigenvalue weighted by Gasteiger charge is 2.13. The van der Waals surface area contributed by atoms with E-state index in [1.54, 1.807) is 30.3 Å². The molecular formula is C21H18BrNO7. The minimum atomic E-state index is -0.651. The van der Waals surface area contributed by atoms with Gasteiger partial charge < -0.3 is 23.9 Å². The molecule has 0 spiro atoms. The quantitative estimate of drug-likeness (QED) is 0.413. The van der Waals surface area contributed by atoms with Gasteiger partial charge in [-0.05, 0) is 36.4 Å². The van der Waals surface area contributed by atoms with Crippen molar-refractivity contribution >= 4 is 38.8 Å². The average Bonchev–Trinajstić information content (AvgIpc) is 2.74. The van der Waals surface area contributed by atoms with Gasteiger partial charge in [0.25, 0.3) is 5.91 Å². The second-order valence-electron chi connectivity index (χ2n) is 6.14. The predicted octanol–water partition coefficient (Wildman–Crippen LogP) is 3.05. The fourth-order valence-electron chi connectivity index (χ4n) is 2.76. The highest BCUT2D eigenvalue weighted by Crippen LogP contribution is 2.27. The van der Waals surface area contributed by atoms with Gasteiger partial charge >= 0.3 is 11.6 Å². The number of esters is 1. The molecule has 0 atom stereocenters. The molecule has 3 rings (SSSR count). The molecule has 8 nitrogen and oxygen atoms in total. The summed E-state index contributed by atoms with van der Waals surface area (Å²) in [7, 11) is 2.95. The summed E-state index contributed by atoms with van der Waals surface area (Å²) in [5.74, 6) is -0.236. The summed E-state index contributed by atoms with van der Waals surface area (Å²) in [6.07, 6.45) is 0. The molecule has 3 aromatic rings. The van der Waals surface area contributed by atoms with E-state index in [1.807, 2.05) is 0 Å². The number of rotatable bonds is 7. The number of nitrogens with one attached hydrogen (secondary N) is 1. The molecule has 1 heterocycles. The summed E-state index contributed by atoms with van der Waals surface area (Å²) in [5.41, 5.74) is 0.643. The maximum absolute atomic E-state index is 12.3. The number of methoxy groups -OCH3 is 2. The summed E-state index contributed by atoms with van der Waals surface area (Å²) in [4.78, 5) is 36.1. The first-order valence-electron chi connectivity index (χ1n) is 8.79. The summed E-state index contributed by atoms with van der Waals surface area (Å²) in [6.45, 7) is -0.465. The van der Waals surface area contributed by atoms with Crippen LogP contribution in [0.3, 0.4) is 0 Å². The topological polar surface area (TPSA) is 104 Å². The molecule has 1 amide bonds. The van der Waals surface area contributed by atoms with Crippen molar-refractivity contribution in [3.8, 4) is 11.5 Å². The Labute approximate surface area is 179 Å². The van der Waals surface area contributed by atoms with E-state index in [9.17, 15) is 14.4 Å². The van der Waals surface area contributed by atoms with Crippen LogP contribution in [0, 0.1) is 0 Å². The monoisotopic (exact) mass is 475 g/mol. The van der Waals surface area contributed by atoms with Crippen LogP contribution in [0.5, 0.6) is 11.5 Å². The van der Waals surface area contributed by atoms with E-state index >= 15 is 0 Å². The van der Waals surface area contributed by atoms with Gasteiger partial charge in [-0.15, -0.1) is 0 Å². The Kier molecular flexibility index (Phi) is 6.73. The van der Waals surface area contributed by atoms with Crippen molar-refractivity contribution in [2.45, 2.75) is 6.61 Å². The van der Waals surface area contributed by atoms with Crippen molar-refractivity contribution in [2.24, 2.45) is 0 Å². The number of amides is 1. The predicted molar refractivity (Wildman–Crippen MR) is 112 cm³/mol. The van der Waals surface area contributed by atoms with E-state index in [1.165, 1.54) is 26.4 Å². The number of ether oxygens (including phenoxy) is 3. The van der Waals surface area contributed by atoms with Gasteiger partial charge in [0, 0.05) is 27.1 Å². The zero-order valence-electron chi connectivity index (χ0n) is 16.2. The number of benzene rings is 2. The molecule has 9 heteroatoms. The molecule has 1 N–H and O–H groups in total. The summed E-state index contributed by atoms with van der Waals surface area (Å²) >= 11 is 3.31. The van der Waals surface area contributed by atoms with Gasteiger partial charge in [-0.1, -0.05) is 15.9 Å². The van der Waals surface area contributed by atoms with E-state index in [4.69, 9.17) is 18.6 Å². The van der Waals surface area contributed by atoms with Gasteiger partial charge in [0.2, 0.25) is 0 Å². The van der Waals surface area contributed by atoms with Crippen molar-refractivity contribution in [1.82, 2.24) is 5.32 Å². The van der Waals surface area contributed by atoms with Crippen LogP contribution in [0.2, 0.25) is 0 Å². The first kappa shape index (κ1) is 21.4. The summed E-state index contributed by atoms with van der Waals surface area (Å²) in [5, 5.41) is 3.14. The molecule has 0 aliphatic carbocycles. The molecule has 1 aromatic heterocycles. The second kappa shape index (κ2) is 9.45. The summed E-state index contributed by atoms with van der Waals surface area (Å²) in [6, 6.07) is 11.1. The second-order valence-corrected chi connectivity index (χ2v) is 7.06. The van der Waals surface area contributed by atoms with Gasteiger partial charge in [0.05, 0.1) is 14.2 Å². The number of fused-ring (bicyclic) bond motifs is 1. The third kappa shape index (κ3) is 4.98. The van der Waals surface area contributed by atoms with E-state index in [-0.39, 0.29) is 13.2 Å². The Bertz CT molecular complexity index is 1160. The van der Waals surface area contributed by atoms with E-state index in [0.717, 1.165) is 4.47 Å². The minimum absolute atomic E-state index is 0.130. The van der Waals surface area contributed by atoms with Gasteiger partial charge in [0.15, 0.2) is 11.5 Å². The van der Waals surface area contributed by atoms with Crippen LogP contribution in [-0.2, 0) is 16.1 Å². The largest absolute Gasteiger partial charge is 0.493 e. The standard InChI is InChI=1S/C21H18BrNO7/c1-27-16-6-3-12(7-18(16)28-2)21(26)23-10-20(25)29-11-13-8-19(24)30-17-9-14(22)4-5-15(13)17/h3-9H,10-11H2,1-2H3,(H,23,26). The average molecular weight is 476 g/mol. The normalized spacial score (nSPS) is 10.5. The number of hydrogen-bond acceptors (Lipinski definition) is 7. The maximum atomic E-state index is 12.3. The molecule has 0 unspecified atom stereocenters. The Morgan fingerprint density at radius 2 is 1.80 bits per heavy atom. The van der Waals surface area contributed by atoms with E-state index in [2.05, 4.69) is 21.2 Å². The molecule has 0 bridgehead atoms. The minimum Gasteiger partial charge on any atom is -0.493 e. The lowest BCUT2D eigenvalue weighted by Gasteiger charge is -2.10. The van der Waals surface area contributed by atoms with Gasteiger partial charge in [0.1, 0.15) is 18.7 Å². The zero-order valence-corrected chi connectivity index (χ0v) is 17.8.